The lowest BCUT2D eigenvalue weighted by Crippen LogP contribution is -1.99. The Morgan fingerprint density at radius 2 is 2.50 bits per heavy atom. The van der Waals surface area contributed by atoms with E-state index < -0.39 is 5.97 Å². The van der Waals surface area contributed by atoms with Crippen LogP contribution >= 0.6 is 0 Å². The fourth-order valence-corrected chi connectivity index (χ4v) is 0.723. The van der Waals surface area contributed by atoms with E-state index in [1.807, 2.05) is 6.92 Å². The third kappa shape index (κ3) is 1.37. The molecule has 1 aromatic rings. The van der Waals surface area contributed by atoms with Crippen molar-refractivity contribution in [2.75, 3.05) is 0 Å². The molecule has 0 unspecified atom stereocenters. The molecular formula is C7H8O3. The van der Waals surface area contributed by atoms with Gasteiger partial charge in [-0.2, -0.15) is 0 Å². The summed E-state index contributed by atoms with van der Waals surface area (Å²) in [5.41, 5.74) is 0.891. The Morgan fingerprint density at radius 1 is 1.80 bits per heavy atom. The number of carboxylic acids is 1. The van der Waals surface area contributed by atoms with E-state index in [9.17, 15) is 4.79 Å². The Kier molecular flexibility index (Phi) is 1.76. The number of hydrogen-bond donors (Lipinski definition) is 1. The van der Waals surface area contributed by atoms with Crippen molar-refractivity contribution >= 4 is 5.97 Å². The standard InChI is InChI=1S/C7H8O3/c1-5-2-3-10-6(5)4-7(8)9/h2-3H,4H2,1H3,(H,8,9). The van der Waals surface area contributed by atoms with E-state index in [1.165, 1.54) is 6.26 Å². The number of aliphatic carboxylic acids is 1. The van der Waals surface area contributed by atoms with Gasteiger partial charge in [0.05, 0.1) is 6.26 Å². The Bertz CT molecular complexity index is 237. The molecule has 0 bridgehead atoms. The Labute approximate surface area is 58.3 Å². The summed E-state index contributed by atoms with van der Waals surface area (Å²) in [5.74, 6) is -0.328. The molecule has 10 heavy (non-hydrogen) atoms. The minimum absolute atomic E-state index is 0.0289. The third-order valence-electron chi connectivity index (χ3n) is 1.28. The van der Waals surface area contributed by atoms with E-state index in [-0.39, 0.29) is 6.42 Å². The molecule has 1 rings (SSSR count). The highest BCUT2D eigenvalue weighted by molar-refractivity contribution is 5.69. The second-order valence-electron chi connectivity index (χ2n) is 2.10. The van der Waals surface area contributed by atoms with Crippen LogP contribution in [0.2, 0.25) is 0 Å². The van der Waals surface area contributed by atoms with Gasteiger partial charge in [0, 0.05) is 0 Å². The van der Waals surface area contributed by atoms with Crippen molar-refractivity contribution in [1.82, 2.24) is 0 Å². The van der Waals surface area contributed by atoms with Crippen LogP contribution in [0, 0.1) is 6.92 Å². The van der Waals surface area contributed by atoms with Crippen LogP contribution < -0.4 is 0 Å². The predicted octanol–water partition coefficient (Wildman–Crippen LogP) is 1.22. The highest BCUT2D eigenvalue weighted by atomic mass is 16.4. The van der Waals surface area contributed by atoms with Crippen LogP contribution in [0.25, 0.3) is 0 Å². The van der Waals surface area contributed by atoms with Crippen LogP contribution in [0.4, 0.5) is 0 Å². The summed E-state index contributed by atoms with van der Waals surface area (Å²) in [7, 11) is 0. The lowest BCUT2D eigenvalue weighted by molar-refractivity contribution is -0.136. The largest absolute Gasteiger partial charge is 0.481 e. The lowest BCUT2D eigenvalue weighted by Gasteiger charge is -1.90. The van der Waals surface area contributed by atoms with Gasteiger partial charge in [0.2, 0.25) is 0 Å². The van der Waals surface area contributed by atoms with Gasteiger partial charge in [-0.3, -0.25) is 4.79 Å². The summed E-state index contributed by atoms with van der Waals surface area (Å²) in [4.78, 5) is 10.2. The second kappa shape index (κ2) is 2.56. The first-order chi connectivity index (χ1) is 4.70. The number of rotatable bonds is 2. The van der Waals surface area contributed by atoms with Gasteiger partial charge < -0.3 is 9.52 Å². The number of hydrogen-bond acceptors (Lipinski definition) is 2. The highest BCUT2D eigenvalue weighted by Crippen LogP contribution is 2.08. The zero-order chi connectivity index (χ0) is 7.56. The van der Waals surface area contributed by atoms with Crippen molar-refractivity contribution in [3.05, 3.63) is 23.7 Å². The second-order valence-corrected chi connectivity index (χ2v) is 2.10. The molecule has 0 saturated heterocycles. The Balaban J connectivity index is 2.74. The molecule has 0 aromatic carbocycles. The average molecular weight is 140 g/mol. The summed E-state index contributed by atoms with van der Waals surface area (Å²) < 4.78 is 4.89. The first kappa shape index (κ1) is 6.86. The van der Waals surface area contributed by atoms with Gasteiger partial charge in [-0.15, -0.1) is 0 Å². The smallest absolute Gasteiger partial charge is 0.311 e. The number of carbonyl (C=O) groups is 1. The molecule has 0 saturated carbocycles. The summed E-state index contributed by atoms with van der Waals surface area (Å²) in [6, 6.07) is 1.75. The first-order valence-corrected chi connectivity index (χ1v) is 2.95. The minimum atomic E-state index is -0.863. The van der Waals surface area contributed by atoms with Crippen LogP contribution in [0.15, 0.2) is 16.7 Å². The van der Waals surface area contributed by atoms with E-state index in [0.29, 0.717) is 5.76 Å². The van der Waals surface area contributed by atoms with Crippen LogP contribution in [0.3, 0.4) is 0 Å². The van der Waals surface area contributed by atoms with Crippen molar-refractivity contribution in [2.45, 2.75) is 13.3 Å². The summed E-state index contributed by atoms with van der Waals surface area (Å²) >= 11 is 0. The van der Waals surface area contributed by atoms with Crippen molar-refractivity contribution < 1.29 is 14.3 Å². The maximum atomic E-state index is 10.2. The molecular weight excluding hydrogens is 132 g/mol. The molecule has 0 fully saturated rings. The van der Waals surface area contributed by atoms with Crippen LogP contribution in [-0.4, -0.2) is 11.1 Å². The molecule has 1 N–H and O–H groups in total. The van der Waals surface area contributed by atoms with Crippen molar-refractivity contribution in [3.8, 4) is 0 Å². The van der Waals surface area contributed by atoms with Gasteiger partial charge in [-0.05, 0) is 18.6 Å². The third-order valence-corrected chi connectivity index (χ3v) is 1.28. The van der Waals surface area contributed by atoms with E-state index in [2.05, 4.69) is 0 Å². The van der Waals surface area contributed by atoms with E-state index >= 15 is 0 Å². The zero-order valence-electron chi connectivity index (χ0n) is 5.63. The molecule has 0 aliphatic rings. The maximum Gasteiger partial charge on any atom is 0.311 e. The molecule has 1 aromatic heterocycles. The van der Waals surface area contributed by atoms with Gasteiger partial charge in [-0.25, -0.2) is 0 Å². The van der Waals surface area contributed by atoms with Crippen molar-refractivity contribution in [2.24, 2.45) is 0 Å². The molecule has 0 amide bonds. The van der Waals surface area contributed by atoms with Gasteiger partial charge >= 0.3 is 5.97 Å². The fraction of sp³-hybridized carbons (Fsp3) is 0.286. The van der Waals surface area contributed by atoms with Crippen molar-refractivity contribution in [1.29, 1.82) is 0 Å². The summed E-state index contributed by atoms with van der Waals surface area (Å²) in [6.07, 6.45) is 1.46. The fourth-order valence-electron chi connectivity index (χ4n) is 0.723. The number of carboxylic acid groups (broad SMARTS) is 1. The van der Waals surface area contributed by atoms with Crippen LogP contribution in [0.1, 0.15) is 11.3 Å². The van der Waals surface area contributed by atoms with Gasteiger partial charge in [0.1, 0.15) is 12.2 Å². The molecule has 0 aliphatic carbocycles. The summed E-state index contributed by atoms with van der Waals surface area (Å²) in [5, 5.41) is 8.35. The number of furan rings is 1. The van der Waals surface area contributed by atoms with Gasteiger partial charge in [0.15, 0.2) is 0 Å². The van der Waals surface area contributed by atoms with E-state index in [0.717, 1.165) is 5.56 Å². The normalized spacial score (nSPS) is 9.70. The lowest BCUT2D eigenvalue weighted by atomic mass is 10.2. The van der Waals surface area contributed by atoms with Gasteiger partial charge in [-0.1, -0.05) is 0 Å². The average Bonchev–Trinajstić information content (AvgIpc) is 2.15. The zero-order valence-corrected chi connectivity index (χ0v) is 5.63. The molecule has 0 atom stereocenters. The molecule has 54 valence electrons. The molecule has 3 heteroatoms. The van der Waals surface area contributed by atoms with Crippen LogP contribution in [-0.2, 0) is 11.2 Å². The van der Waals surface area contributed by atoms with Crippen LogP contribution in [0.5, 0.6) is 0 Å². The molecule has 0 spiro atoms. The van der Waals surface area contributed by atoms with Gasteiger partial charge in [0.25, 0.3) is 0 Å². The van der Waals surface area contributed by atoms with E-state index in [1.54, 1.807) is 6.07 Å². The predicted molar refractivity (Wildman–Crippen MR) is 34.8 cm³/mol. The monoisotopic (exact) mass is 140 g/mol. The Hall–Kier alpha value is -1.25. The molecule has 3 nitrogen and oxygen atoms in total. The summed E-state index contributed by atoms with van der Waals surface area (Å²) in [6.45, 7) is 1.82. The Morgan fingerprint density at radius 3 is 2.90 bits per heavy atom. The first-order valence-electron chi connectivity index (χ1n) is 2.95. The topological polar surface area (TPSA) is 50.4 Å². The maximum absolute atomic E-state index is 10.2. The SMILES string of the molecule is Cc1ccoc1CC(=O)O. The minimum Gasteiger partial charge on any atom is -0.481 e. The molecule has 0 aliphatic heterocycles. The number of aryl methyl sites for hydroxylation is 1. The molecule has 1 heterocycles. The van der Waals surface area contributed by atoms with Crippen molar-refractivity contribution in [3.63, 3.8) is 0 Å². The molecule has 0 radical (unpaired) electrons. The van der Waals surface area contributed by atoms with E-state index in [4.69, 9.17) is 9.52 Å². The quantitative estimate of drug-likeness (QED) is 0.671. The highest BCUT2D eigenvalue weighted by Gasteiger charge is 2.05.